The minimum absolute atomic E-state index is 0.0390. The van der Waals surface area contributed by atoms with Crippen LogP contribution in [0.25, 0.3) is 16.6 Å². The van der Waals surface area contributed by atoms with Crippen molar-refractivity contribution in [3.8, 4) is 5.69 Å². The quantitative estimate of drug-likeness (QED) is 0.493. The average Bonchev–Trinajstić information content (AvgIpc) is 2.76. The molecule has 1 aromatic heterocycles. The molecule has 0 saturated heterocycles. The van der Waals surface area contributed by atoms with Crippen LogP contribution in [0.3, 0.4) is 0 Å². The first kappa shape index (κ1) is 22.5. The fourth-order valence-electron chi connectivity index (χ4n) is 4.25. The summed E-state index contributed by atoms with van der Waals surface area (Å²) in [6.45, 7) is 2.90. The van der Waals surface area contributed by atoms with E-state index in [1.165, 1.54) is 0 Å². The molecule has 6 nitrogen and oxygen atoms in total. The number of carbonyl (C=O) groups is 1. The molecule has 1 atom stereocenters. The fourth-order valence-corrected chi connectivity index (χ4v) is 4.38. The number of fused-ring (bicyclic) bond motifs is 1. The summed E-state index contributed by atoms with van der Waals surface area (Å²) in [5.74, 6) is 0.713. The zero-order valence-corrected chi connectivity index (χ0v) is 19.2. The van der Waals surface area contributed by atoms with E-state index in [-0.39, 0.29) is 23.4 Å². The monoisotopic (exact) mass is 453 g/mol. The summed E-state index contributed by atoms with van der Waals surface area (Å²) in [6.07, 6.45) is 3.53. The summed E-state index contributed by atoms with van der Waals surface area (Å²) >= 11 is 6.10. The summed E-state index contributed by atoms with van der Waals surface area (Å²) in [5.41, 5.74) is 1.14. The molecule has 0 radical (unpaired) electrons. The van der Waals surface area contributed by atoms with Crippen LogP contribution in [0.5, 0.6) is 0 Å². The predicted octanol–water partition coefficient (Wildman–Crippen LogP) is 4.77. The molecule has 3 aromatic rings. The Bertz CT molecular complexity index is 1160. The van der Waals surface area contributed by atoms with Gasteiger partial charge in [-0.2, -0.15) is 0 Å². The van der Waals surface area contributed by atoms with Crippen LogP contribution < -0.4 is 5.56 Å². The summed E-state index contributed by atoms with van der Waals surface area (Å²) in [6, 6.07) is 14.1. The molecule has 2 aromatic carbocycles. The maximum absolute atomic E-state index is 13.6. The number of amides is 1. The first-order chi connectivity index (χ1) is 15.5. The van der Waals surface area contributed by atoms with Gasteiger partial charge in [-0.05, 0) is 55.7 Å². The molecule has 1 saturated carbocycles. The van der Waals surface area contributed by atoms with Gasteiger partial charge in [0.05, 0.1) is 29.2 Å². The first-order valence-electron chi connectivity index (χ1n) is 11.1. The minimum Gasteiger partial charge on any atom is -0.383 e. The third-order valence-electron chi connectivity index (χ3n) is 6.22. The topological polar surface area (TPSA) is 64.4 Å². The lowest BCUT2D eigenvalue weighted by molar-refractivity contribution is -0.142. The van der Waals surface area contributed by atoms with Crippen LogP contribution in [0.1, 0.15) is 44.5 Å². The fraction of sp³-hybridized carbons (Fsp3) is 0.400. The van der Waals surface area contributed by atoms with E-state index < -0.39 is 0 Å². The van der Waals surface area contributed by atoms with Gasteiger partial charge in [0.15, 0.2) is 0 Å². The van der Waals surface area contributed by atoms with Crippen molar-refractivity contribution in [3.63, 3.8) is 0 Å². The van der Waals surface area contributed by atoms with E-state index in [1.807, 2.05) is 42.2 Å². The Labute approximate surface area is 192 Å². The Balaban J connectivity index is 1.91. The molecule has 32 heavy (non-hydrogen) atoms. The maximum atomic E-state index is 13.6. The molecule has 168 valence electrons. The van der Waals surface area contributed by atoms with Crippen molar-refractivity contribution >= 4 is 28.4 Å². The zero-order valence-electron chi connectivity index (χ0n) is 18.5. The molecule has 1 amide bonds. The second-order valence-corrected chi connectivity index (χ2v) is 8.62. The summed E-state index contributed by atoms with van der Waals surface area (Å²) in [5, 5.41) is 1.13. The number of ether oxygens (including phenoxy) is 1. The van der Waals surface area contributed by atoms with Crippen LogP contribution in [0.15, 0.2) is 53.3 Å². The van der Waals surface area contributed by atoms with Crippen LogP contribution in [-0.2, 0) is 9.53 Å². The molecule has 1 heterocycles. The Morgan fingerprint density at radius 2 is 1.94 bits per heavy atom. The highest BCUT2D eigenvalue weighted by atomic mass is 35.5. The predicted molar refractivity (Wildman–Crippen MR) is 126 cm³/mol. The van der Waals surface area contributed by atoms with Gasteiger partial charge in [0.25, 0.3) is 5.56 Å². The summed E-state index contributed by atoms with van der Waals surface area (Å²) in [7, 11) is 1.63. The van der Waals surface area contributed by atoms with Gasteiger partial charge in [0, 0.05) is 24.6 Å². The minimum atomic E-state index is -0.355. The Morgan fingerprint density at radius 1 is 1.22 bits per heavy atom. The van der Waals surface area contributed by atoms with Crippen molar-refractivity contribution < 1.29 is 9.53 Å². The first-order valence-corrected chi connectivity index (χ1v) is 11.5. The van der Waals surface area contributed by atoms with Crippen molar-refractivity contribution in [3.05, 3.63) is 69.7 Å². The maximum Gasteiger partial charge on any atom is 0.266 e. The second-order valence-electron chi connectivity index (χ2n) is 8.18. The molecule has 1 aliphatic carbocycles. The van der Waals surface area contributed by atoms with Crippen molar-refractivity contribution in [2.75, 3.05) is 20.3 Å². The smallest absolute Gasteiger partial charge is 0.266 e. The van der Waals surface area contributed by atoms with Gasteiger partial charge >= 0.3 is 0 Å². The second kappa shape index (κ2) is 9.84. The number of halogens is 1. The zero-order chi connectivity index (χ0) is 22.7. The largest absolute Gasteiger partial charge is 0.383 e. The van der Waals surface area contributed by atoms with E-state index in [0.29, 0.717) is 47.0 Å². The number of hydrogen-bond acceptors (Lipinski definition) is 4. The van der Waals surface area contributed by atoms with Crippen molar-refractivity contribution in [2.24, 2.45) is 5.92 Å². The number of carbonyl (C=O) groups excluding carboxylic acids is 1. The van der Waals surface area contributed by atoms with E-state index >= 15 is 0 Å². The van der Waals surface area contributed by atoms with Gasteiger partial charge in [0.1, 0.15) is 5.82 Å². The Kier molecular flexibility index (Phi) is 6.92. The molecular weight excluding hydrogens is 426 g/mol. The van der Waals surface area contributed by atoms with Gasteiger partial charge in [0.2, 0.25) is 5.91 Å². The van der Waals surface area contributed by atoms with Gasteiger partial charge in [-0.3, -0.25) is 14.2 Å². The average molecular weight is 454 g/mol. The van der Waals surface area contributed by atoms with Crippen LogP contribution in [0, 0.1) is 5.92 Å². The highest BCUT2D eigenvalue weighted by molar-refractivity contribution is 6.30. The molecule has 0 spiro atoms. The number of rotatable bonds is 8. The summed E-state index contributed by atoms with van der Waals surface area (Å²) < 4.78 is 6.93. The lowest BCUT2D eigenvalue weighted by Crippen LogP contribution is -2.44. The van der Waals surface area contributed by atoms with Gasteiger partial charge in [-0.1, -0.05) is 37.1 Å². The van der Waals surface area contributed by atoms with Crippen LogP contribution >= 0.6 is 11.6 Å². The van der Waals surface area contributed by atoms with Crippen molar-refractivity contribution in [1.82, 2.24) is 14.5 Å². The molecule has 1 unspecified atom stereocenters. The highest BCUT2D eigenvalue weighted by Crippen LogP contribution is 2.33. The number of para-hydroxylation sites is 1. The van der Waals surface area contributed by atoms with E-state index in [9.17, 15) is 9.59 Å². The SMILES string of the molecule is CCC(c1nc2ccccc2c(=O)n1-c1ccc(Cl)cc1)N(CCOC)C(=O)C1CCC1. The highest BCUT2D eigenvalue weighted by Gasteiger charge is 2.35. The Morgan fingerprint density at radius 3 is 2.56 bits per heavy atom. The third-order valence-corrected chi connectivity index (χ3v) is 6.47. The lowest BCUT2D eigenvalue weighted by atomic mass is 9.84. The molecular formula is C25H28ClN3O3. The number of nitrogens with zero attached hydrogens (tertiary/aromatic N) is 3. The number of benzene rings is 2. The summed E-state index contributed by atoms with van der Waals surface area (Å²) in [4.78, 5) is 33.8. The van der Waals surface area contributed by atoms with Crippen LogP contribution in [0.4, 0.5) is 0 Å². The molecule has 1 aliphatic rings. The molecule has 4 rings (SSSR count). The number of hydrogen-bond donors (Lipinski definition) is 0. The number of methoxy groups -OCH3 is 1. The van der Waals surface area contributed by atoms with Crippen molar-refractivity contribution in [2.45, 2.75) is 38.6 Å². The molecule has 0 bridgehead atoms. The number of aromatic nitrogens is 2. The third kappa shape index (κ3) is 4.30. The van der Waals surface area contributed by atoms with Crippen LogP contribution in [0.2, 0.25) is 5.02 Å². The van der Waals surface area contributed by atoms with E-state index in [2.05, 4.69) is 0 Å². The normalized spacial score (nSPS) is 14.8. The lowest BCUT2D eigenvalue weighted by Gasteiger charge is -2.37. The Hall–Kier alpha value is -2.70. The molecule has 0 aliphatic heterocycles. The molecule has 7 heteroatoms. The molecule has 0 N–H and O–H groups in total. The van der Waals surface area contributed by atoms with Crippen molar-refractivity contribution in [1.29, 1.82) is 0 Å². The van der Waals surface area contributed by atoms with E-state index in [1.54, 1.807) is 29.9 Å². The molecule has 1 fully saturated rings. The van der Waals surface area contributed by atoms with Gasteiger partial charge in [-0.25, -0.2) is 4.98 Å². The van der Waals surface area contributed by atoms with E-state index in [4.69, 9.17) is 21.3 Å². The standard InChI is InChI=1S/C25H28ClN3O3/c1-3-22(28(15-16-32-2)24(30)17-7-6-8-17)23-27-21-10-5-4-9-20(21)25(31)29(23)19-13-11-18(26)12-14-19/h4-5,9-14,17,22H,3,6-8,15-16H2,1-2H3. The van der Waals surface area contributed by atoms with Gasteiger partial charge < -0.3 is 9.64 Å². The van der Waals surface area contributed by atoms with E-state index in [0.717, 1.165) is 19.3 Å². The van der Waals surface area contributed by atoms with Crippen LogP contribution in [-0.4, -0.2) is 40.6 Å². The van der Waals surface area contributed by atoms with Gasteiger partial charge in [-0.15, -0.1) is 0 Å².